The van der Waals surface area contributed by atoms with E-state index in [1.165, 1.54) is 6.92 Å². The lowest BCUT2D eigenvalue weighted by Gasteiger charge is -2.40. The predicted octanol–water partition coefficient (Wildman–Crippen LogP) is 1.45. The average Bonchev–Trinajstić information content (AvgIpc) is 2.28. The zero-order chi connectivity index (χ0) is 15.8. The molecule has 0 aromatic heterocycles. The average molecular weight is 285 g/mol. The second kappa shape index (κ2) is 8.77. The molecule has 0 aromatic carbocycles. The molecule has 6 nitrogen and oxygen atoms in total. The standard InChI is InChI=1S/C12H24N2O3.C2H3N/c1-10-9-13(7-8-15)5-6-14(10)11(16)17-12(2,3)4;1-2-3/h10,15H,5-9H2,1-4H3;1H3/t10-;/m1./s1. The maximum absolute atomic E-state index is 11.9. The molecular weight excluding hydrogens is 258 g/mol. The van der Waals surface area contributed by atoms with Crippen molar-refractivity contribution < 1.29 is 14.6 Å². The molecule has 1 saturated heterocycles. The maximum Gasteiger partial charge on any atom is 0.410 e. The number of aliphatic hydroxyl groups excluding tert-OH is 1. The minimum atomic E-state index is -0.445. The Morgan fingerprint density at radius 1 is 1.45 bits per heavy atom. The Bertz CT molecular complexity index is 334. The molecule has 1 aliphatic rings. The Balaban J connectivity index is 0.00000110. The van der Waals surface area contributed by atoms with Crippen molar-refractivity contribution in [3.8, 4) is 6.07 Å². The summed E-state index contributed by atoms with van der Waals surface area (Å²) in [4.78, 5) is 15.8. The summed E-state index contributed by atoms with van der Waals surface area (Å²) >= 11 is 0. The SMILES string of the molecule is CC#N.C[C@@H]1CN(CCO)CCN1C(=O)OC(C)(C)C. The van der Waals surface area contributed by atoms with Gasteiger partial charge in [0.25, 0.3) is 0 Å². The summed E-state index contributed by atoms with van der Waals surface area (Å²) in [7, 11) is 0. The largest absolute Gasteiger partial charge is 0.444 e. The maximum atomic E-state index is 11.9. The highest BCUT2D eigenvalue weighted by Crippen LogP contribution is 2.15. The Morgan fingerprint density at radius 2 is 2.00 bits per heavy atom. The van der Waals surface area contributed by atoms with Crippen LogP contribution in [0.25, 0.3) is 0 Å². The molecule has 1 heterocycles. The molecule has 116 valence electrons. The highest BCUT2D eigenvalue weighted by Gasteiger charge is 2.30. The molecule has 1 atom stereocenters. The van der Waals surface area contributed by atoms with Gasteiger partial charge in [-0.15, -0.1) is 0 Å². The van der Waals surface area contributed by atoms with Crippen LogP contribution >= 0.6 is 0 Å². The van der Waals surface area contributed by atoms with Crippen LogP contribution < -0.4 is 0 Å². The number of hydrogen-bond acceptors (Lipinski definition) is 5. The number of carbonyl (C=O) groups is 1. The molecular formula is C14H27N3O3. The first-order valence-corrected chi connectivity index (χ1v) is 6.88. The van der Waals surface area contributed by atoms with Gasteiger partial charge in [-0.3, -0.25) is 4.90 Å². The molecule has 0 bridgehead atoms. The number of aliphatic hydroxyl groups is 1. The topological polar surface area (TPSA) is 76.8 Å². The summed E-state index contributed by atoms with van der Waals surface area (Å²) in [5.41, 5.74) is -0.445. The van der Waals surface area contributed by atoms with Crippen LogP contribution in [-0.2, 0) is 4.74 Å². The van der Waals surface area contributed by atoms with Gasteiger partial charge >= 0.3 is 6.09 Å². The molecule has 0 saturated carbocycles. The number of β-amino-alcohol motifs (C(OH)–C–C–N with tert-alkyl or cyclic N) is 1. The van der Waals surface area contributed by atoms with E-state index in [9.17, 15) is 4.79 Å². The van der Waals surface area contributed by atoms with E-state index in [0.29, 0.717) is 13.1 Å². The van der Waals surface area contributed by atoms with Crippen LogP contribution in [0.15, 0.2) is 0 Å². The van der Waals surface area contributed by atoms with E-state index in [4.69, 9.17) is 15.1 Å². The summed E-state index contributed by atoms with van der Waals surface area (Å²) in [6.07, 6.45) is -0.242. The zero-order valence-corrected chi connectivity index (χ0v) is 13.2. The van der Waals surface area contributed by atoms with E-state index < -0.39 is 5.60 Å². The number of piperazine rings is 1. The zero-order valence-electron chi connectivity index (χ0n) is 13.2. The van der Waals surface area contributed by atoms with E-state index >= 15 is 0 Å². The van der Waals surface area contributed by atoms with Gasteiger partial charge in [-0.25, -0.2) is 4.79 Å². The van der Waals surface area contributed by atoms with Gasteiger partial charge < -0.3 is 14.7 Å². The van der Waals surface area contributed by atoms with Gasteiger partial charge in [0.2, 0.25) is 0 Å². The van der Waals surface area contributed by atoms with Crippen molar-refractivity contribution in [1.82, 2.24) is 9.80 Å². The highest BCUT2D eigenvalue weighted by atomic mass is 16.6. The van der Waals surface area contributed by atoms with Crippen LogP contribution in [0.3, 0.4) is 0 Å². The molecule has 0 aromatic rings. The van der Waals surface area contributed by atoms with Gasteiger partial charge in [0.15, 0.2) is 0 Å². The first-order chi connectivity index (χ1) is 9.25. The molecule has 0 unspecified atom stereocenters. The van der Waals surface area contributed by atoms with Crippen molar-refractivity contribution in [1.29, 1.82) is 5.26 Å². The Hall–Kier alpha value is -1.32. The van der Waals surface area contributed by atoms with Gasteiger partial charge in [0.05, 0.1) is 12.7 Å². The fourth-order valence-electron chi connectivity index (χ4n) is 1.97. The molecule has 0 aliphatic carbocycles. The molecule has 1 fully saturated rings. The minimum Gasteiger partial charge on any atom is -0.444 e. The number of ether oxygens (including phenoxy) is 1. The van der Waals surface area contributed by atoms with Crippen molar-refractivity contribution in [2.45, 2.75) is 46.3 Å². The third-order valence-electron chi connectivity index (χ3n) is 2.76. The van der Waals surface area contributed by atoms with Crippen LogP contribution in [0.5, 0.6) is 0 Å². The molecule has 6 heteroatoms. The lowest BCUT2D eigenvalue weighted by Crippen LogP contribution is -2.55. The van der Waals surface area contributed by atoms with Crippen LogP contribution in [0.2, 0.25) is 0 Å². The number of carbonyl (C=O) groups excluding carboxylic acids is 1. The van der Waals surface area contributed by atoms with Crippen molar-refractivity contribution in [3.05, 3.63) is 0 Å². The minimum absolute atomic E-state index is 0.130. The van der Waals surface area contributed by atoms with Crippen molar-refractivity contribution in [3.63, 3.8) is 0 Å². The van der Waals surface area contributed by atoms with Gasteiger partial charge in [0, 0.05) is 39.1 Å². The van der Waals surface area contributed by atoms with E-state index in [0.717, 1.165) is 13.1 Å². The second-order valence-electron chi connectivity index (χ2n) is 5.77. The van der Waals surface area contributed by atoms with Crippen LogP contribution in [-0.4, -0.2) is 65.4 Å². The summed E-state index contributed by atoms with van der Waals surface area (Å²) in [5.74, 6) is 0. The van der Waals surface area contributed by atoms with E-state index in [2.05, 4.69) is 4.90 Å². The first kappa shape index (κ1) is 18.7. The number of nitriles is 1. The summed E-state index contributed by atoms with van der Waals surface area (Å²) < 4.78 is 5.36. The second-order valence-corrected chi connectivity index (χ2v) is 5.77. The summed E-state index contributed by atoms with van der Waals surface area (Å²) in [6, 6.07) is 1.88. The Labute approximate surface area is 121 Å². The Morgan fingerprint density at radius 3 is 2.40 bits per heavy atom. The van der Waals surface area contributed by atoms with Crippen LogP contribution in [0.4, 0.5) is 4.79 Å². The van der Waals surface area contributed by atoms with E-state index in [1.54, 1.807) is 11.0 Å². The van der Waals surface area contributed by atoms with E-state index in [-0.39, 0.29) is 18.7 Å². The molecule has 1 N–H and O–H groups in total. The van der Waals surface area contributed by atoms with Gasteiger partial charge in [-0.2, -0.15) is 5.26 Å². The normalized spacial score (nSPS) is 19.6. The number of nitrogens with zero attached hydrogens (tertiary/aromatic N) is 3. The molecule has 0 spiro atoms. The molecule has 20 heavy (non-hydrogen) atoms. The third kappa shape index (κ3) is 7.31. The number of amides is 1. The number of hydrogen-bond donors (Lipinski definition) is 1. The van der Waals surface area contributed by atoms with E-state index in [1.807, 2.05) is 27.7 Å². The quantitative estimate of drug-likeness (QED) is 0.831. The van der Waals surface area contributed by atoms with Crippen molar-refractivity contribution >= 4 is 6.09 Å². The third-order valence-corrected chi connectivity index (χ3v) is 2.76. The van der Waals surface area contributed by atoms with Gasteiger partial charge in [0.1, 0.15) is 5.60 Å². The lowest BCUT2D eigenvalue weighted by atomic mass is 10.2. The smallest absolute Gasteiger partial charge is 0.410 e. The van der Waals surface area contributed by atoms with Crippen molar-refractivity contribution in [2.24, 2.45) is 0 Å². The molecule has 1 amide bonds. The van der Waals surface area contributed by atoms with Crippen molar-refractivity contribution in [2.75, 3.05) is 32.8 Å². The Kier molecular flexibility index (Phi) is 8.19. The molecule has 1 rings (SSSR count). The molecule has 0 radical (unpaired) electrons. The summed E-state index contributed by atoms with van der Waals surface area (Å²) in [6.45, 7) is 12.1. The fraction of sp³-hybridized carbons (Fsp3) is 0.857. The summed E-state index contributed by atoms with van der Waals surface area (Å²) in [5, 5.41) is 16.2. The first-order valence-electron chi connectivity index (χ1n) is 6.88. The highest BCUT2D eigenvalue weighted by molar-refractivity contribution is 5.68. The van der Waals surface area contributed by atoms with Gasteiger partial charge in [-0.1, -0.05) is 0 Å². The monoisotopic (exact) mass is 285 g/mol. The van der Waals surface area contributed by atoms with Crippen LogP contribution in [0.1, 0.15) is 34.6 Å². The predicted molar refractivity (Wildman–Crippen MR) is 77.2 cm³/mol. The van der Waals surface area contributed by atoms with Crippen LogP contribution in [0, 0.1) is 11.3 Å². The molecule has 1 aliphatic heterocycles. The fourth-order valence-corrected chi connectivity index (χ4v) is 1.97. The lowest BCUT2D eigenvalue weighted by molar-refractivity contribution is 0.0000288. The number of rotatable bonds is 2. The van der Waals surface area contributed by atoms with Gasteiger partial charge in [-0.05, 0) is 27.7 Å².